The van der Waals surface area contributed by atoms with Crippen LogP contribution in [0.5, 0.6) is 0 Å². The van der Waals surface area contributed by atoms with E-state index < -0.39 is 9.84 Å². The van der Waals surface area contributed by atoms with Crippen LogP contribution < -0.4 is 10.6 Å². The first-order valence-corrected chi connectivity index (χ1v) is 8.47. The predicted octanol–water partition coefficient (Wildman–Crippen LogP) is 0.807. The van der Waals surface area contributed by atoms with Crippen LogP contribution in [0.15, 0.2) is 0 Å². The lowest BCUT2D eigenvalue weighted by molar-refractivity contribution is 0.545. The second-order valence-electron chi connectivity index (χ2n) is 5.20. The lowest BCUT2D eigenvalue weighted by Crippen LogP contribution is -2.48. The molecule has 0 saturated carbocycles. The average molecular weight is 286 g/mol. The number of rotatable bonds is 3. The number of hydrogen-bond donors (Lipinski definition) is 1. The van der Waals surface area contributed by atoms with Crippen molar-refractivity contribution < 1.29 is 8.42 Å². The maximum absolute atomic E-state index is 11.7. The number of nitrogen functional groups attached to an aromatic ring is 1. The van der Waals surface area contributed by atoms with E-state index in [2.05, 4.69) is 16.9 Å². The summed E-state index contributed by atoms with van der Waals surface area (Å²) >= 11 is 0. The molecule has 0 radical (unpaired) electrons. The van der Waals surface area contributed by atoms with Gasteiger partial charge in [-0.15, -0.1) is 0 Å². The highest BCUT2D eigenvalue weighted by Gasteiger charge is 2.31. The molecular formula is C12H22N4O2S. The van der Waals surface area contributed by atoms with Crippen molar-refractivity contribution in [2.24, 2.45) is 0 Å². The fourth-order valence-electron chi connectivity index (χ4n) is 2.57. The minimum absolute atomic E-state index is 0.0623. The highest BCUT2D eigenvalue weighted by atomic mass is 32.2. The summed E-state index contributed by atoms with van der Waals surface area (Å²) in [5, 5.41) is 4.45. The zero-order chi connectivity index (χ0) is 14.2. The molecule has 0 spiro atoms. The molecule has 1 aromatic rings. The summed E-state index contributed by atoms with van der Waals surface area (Å²) in [6.07, 6.45) is 0.966. The number of hydrogen-bond acceptors (Lipinski definition) is 5. The largest absolute Gasteiger partial charge is 0.394 e. The SMILES string of the molecule is CCCn1nc(C)c(N)c1N1CCS(=O)(=O)CC1C. The van der Waals surface area contributed by atoms with Crippen molar-refractivity contribution in [1.29, 1.82) is 0 Å². The van der Waals surface area contributed by atoms with E-state index >= 15 is 0 Å². The quantitative estimate of drug-likeness (QED) is 0.889. The molecule has 1 aliphatic heterocycles. The molecule has 0 bridgehead atoms. The van der Waals surface area contributed by atoms with E-state index in [0.717, 1.165) is 24.5 Å². The maximum atomic E-state index is 11.7. The molecule has 1 saturated heterocycles. The van der Waals surface area contributed by atoms with Crippen molar-refractivity contribution in [3.05, 3.63) is 5.69 Å². The van der Waals surface area contributed by atoms with E-state index in [1.807, 2.05) is 18.5 Å². The standard InChI is InChI=1S/C12H22N4O2S/c1-4-5-16-12(11(13)10(3)14-16)15-6-7-19(17,18)8-9(15)2/h9H,4-8,13H2,1-3H3. The third-order valence-electron chi connectivity index (χ3n) is 3.52. The van der Waals surface area contributed by atoms with Gasteiger partial charge < -0.3 is 10.6 Å². The molecule has 1 fully saturated rings. The van der Waals surface area contributed by atoms with E-state index in [-0.39, 0.29) is 17.5 Å². The second kappa shape index (κ2) is 5.03. The molecule has 1 atom stereocenters. The Labute approximate surface area is 114 Å². The van der Waals surface area contributed by atoms with Crippen LogP contribution >= 0.6 is 0 Å². The molecule has 19 heavy (non-hydrogen) atoms. The van der Waals surface area contributed by atoms with Crippen LogP contribution in [0.25, 0.3) is 0 Å². The molecule has 2 rings (SSSR count). The molecule has 2 heterocycles. The van der Waals surface area contributed by atoms with Gasteiger partial charge in [0.05, 0.1) is 22.9 Å². The molecule has 1 aromatic heterocycles. The van der Waals surface area contributed by atoms with Crippen molar-refractivity contribution in [3.8, 4) is 0 Å². The van der Waals surface area contributed by atoms with E-state index in [9.17, 15) is 8.42 Å². The average Bonchev–Trinajstić information content (AvgIpc) is 2.56. The van der Waals surface area contributed by atoms with Crippen molar-refractivity contribution in [2.75, 3.05) is 28.7 Å². The van der Waals surface area contributed by atoms with E-state index in [4.69, 9.17) is 5.73 Å². The molecule has 1 unspecified atom stereocenters. The minimum Gasteiger partial charge on any atom is -0.394 e. The Bertz CT molecular complexity index is 565. The number of aryl methyl sites for hydroxylation is 2. The van der Waals surface area contributed by atoms with Crippen molar-refractivity contribution in [2.45, 2.75) is 39.8 Å². The van der Waals surface area contributed by atoms with Crippen molar-refractivity contribution in [1.82, 2.24) is 9.78 Å². The molecule has 2 N–H and O–H groups in total. The van der Waals surface area contributed by atoms with Gasteiger partial charge in [0.15, 0.2) is 15.7 Å². The van der Waals surface area contributed by atoms with Gasteiger partial charge in [0.1, 0.15) is 0 Å². The molecule has 1 aliphatic rings. The van der Waals surface area contributed by atoms with Crippen molar-refractivity contribution >= 4 is 21.3 Å². The summed E-state index contributed by atoms with van der Waals surface area (Å²) in [5.41, 5.74) is 7.60. The third-order valence-corrected chi connectivity index (χ3v) is 5.32. The Morgan fingerprint density at radius 3 is 2.74 bits per heavy atom. The summed E-state index contributed by atoms with van der Waals surface area (Å²) in [7, 11) is -2.92. The number of sulfone groups is 1. The zero-order valence-corrected chi connectivity index (χ0v) is 12.6. The Hall–Kier alpha value is -1.24. The van der Waals surface area contributed by atoms with Gasteiger partial charge in [-0.3, -0.25) is 0 Å². The highest BCUT2D eigenvalue weighted by Crippen LogP contribution is 2.30. The Balaban J connectivity index is 2.36. The smallest absolute Gasteiger partial charge is 0.154 e. The molecule has 0 amide bonds. The second-order valence-corrected chi connectivity index (χ2v) is 7.43. The summed E-state index contributed by atoms with van der Waals surface area (Å²) in [4.78, 5) is 2.08. The van der Waals surface area contributed by atoms with Crippen LogP contribution in [0.4, 0.5) is 11.5 Å². The first-order chi connectivity index (χ1) is 8.85. The minimum atomic E-state index is -2.92. The van der Waals surface area contributed by atoms with Gasteiger partial charge in [0, 0.05) is 19.1 Å². The Morgan fingerprint density at radius 1 is 1.47 bits per heavy atom. The van der Waals surface area contributed by atoms with E-state index in [0.29, 0.717) is 12.2 Å². The number of nitrogens with zero attached hydrogens (tertiary/aromatic N) is 3. The maximum Gasteiger partial charge on any atom is 0.154 e. The summed E-state index contributed by atoms with van der Waals surface area (Å²) in [6, 6.07) is -0.0623. The van der Waals surface area contributed by atoms with Gasteiger partial charge in [0.25, 0.3) is 0 Å². The topological polar surface area (TPSA) is 81.2 Å². The van der Waals surface area contributed by atoms with E-state index in [1.54, 1.807) is 0 Å². The van der Waals surface area contributed by atoms with Crippen LogP contribution in [0.2, 0.25) is 0 Å². The lowest BCUT2D eigenvalue weighted by Gasteiger charge is -2.35. The van der Waals surface area contributed by atoms with Crippen molar-refractivity contribution in [3.63, 3.8) is 0 Å². The first kappa shape index (κ1) is 14.2. The van der Waals surface area contributed by atoms with Crippen LogP contribution in [0, 0.1) is 6.92 Å². The molecule has 6 nitrogen and oxygen atoms in total. The molecule has 0 aromatic carbocycles. The van der Waals surface area contributed by atoms with Gasteiger partial charge >= 0.3 is 0 Å². The lowest BCUT2D eigenvalue weighted by atomic mass is 10.2. The van der Waals surface area contributed by atoms with Gasteiger partial charge in [-0.25, -0.2) is 13.1 Å². The predicted molar refractivity (Wildman–Crippen MR) is 77.1 cm³/mol. The van der Waals surface area contributed by atoms with Crippen LogP contribution in [-0.4, -0.2) is 42.3 Å². The van der Waals surface area contributed by atoms with Gasteiger partial charge in [-0.1, -0.05) is 6.92 Å². The number of nitrogens with two attached hydrogens (primary N) is 1. The molecule has 0 aliphatic carbocycles. The fourth-order valence-corrected chi connectivity index (χ4v) is 4.12. The molecular weight excluding hydrogens is 264 g/mol. The zero-order valence-electron chi connectivity index (χ0n) is 11.8. The summed E-state index contributed by atoms with van der Waals surface area (Å²) < 4.78 is 25.2. The molecule has 7 heteroatoms. The fraction of sp³-hybridized carbons (Fsp3) is 0.750. The normalized spacial score (nSPS) is 22.7. The summed E-state index contributed by atoms with van der Waals surface area (Å²) in [5.74, 6) is 1.25. The first-order valence-electron chi connectivity index (χ1n) is 6.65. The van der Waals surface area contributed by atoms with E-state index in [1.165, 1.54) is 0 Å². The van der Waals surface area contributed by atoms with Gasteiger partial charge in [-0.2, -0.15) is 5.10 Å². The van der Waals surface area contributed by atoms with Gasteiger partial charge in [-0.05, 0) is 20.3 Å². The van der Waals surface area contributed by atoms with Gasteiger partial charge in [0.2, 0.25) is 0 Å². The number of anilines is 2. The van der Waals surface area contributed by atoms with Crippen LogP contribution in [0.3, 0.4) is 0 Å². The monoisotopic (exact) mass is 286 g/mol. The van der Waals surface area contributed by atoms with Crippen LogP contribution in [0.1, 0.15) is 26.0 Å². The van der Waals surface area contributed by atoms with Crippen LogP contribution in [-0.2, 0) is 16.4 Å². The third kappa shape index (κ3) is 2.70. The highest BCUT2D eigenvalue weighted by molar-refractivity contribution is 7.91. The number of aromatic nitrogens is 2. The Morgan fingerprint density at radius 2 is 2.16 bits per heavy atom. The summed E-state index contributed by atoms with van der Waals surface area (Å²) in [6.45, 7) is 7.18. The Kier molecular flexibility index (Phi) is 3.75. The molecule has 108 valence electrons.